The molecule has 0 amide bonds. The van der Waals surface area contributed by atoms with Gasteiger partial charge in [0, 0.05) is 19.3 Å². The van der Waals surface area contributed by atoms with Crippen LogP contribution in [-0.2, 0) is 28.6 Å². The highest BCUT2D eigenvalue weighted by molar-refractivity contribution is 5.71. The maximum Gasteiger partial charge on any atom is 0.306 e. The van der Waals surface area contributed by atoms with E-state index in [1.807, 2.05) is 0 Å². The van der Waals surface area contributed by atoms with E-state index in [0.717, 1.165) is 135 Å². The van der Waals surface area contributed by atoms with Gasteiger partial charge in [-0.15, -0.1) is 0 Å². The molecule has 6 nitrogen and oxygen atoms in total. The number of ether oxygens (including phenoxy) is 3. The summed E-state index contributed by atoms with van der Waals surface area (Å²) in [5.41, 5.74) is 0. The monoisotopic (exact) mass is 903 g/mol. The number of carbonyl (C=O) groups is 3. The molecule has 0 aromatic rings. The van der Waals surface area contributed by atoms with Crippen molar-refractivity contribution < 1.29 is 28.6 Å². The molecule has 0 bridgehead atoms. The van der Waals surface area contributed by atoms with Gasteiger partial charge in [-0.05, 0) is 122 Å². The molecule has 1 atom stereocenters. The van der Waals surface area contributed by atoms with Crippen LogP contribution in [-0.4, -0.2) is 37.2 Å². The van der Waals surface area contributed by atoms with E-state index in [-0.39, 0.29) is 31.1 Å². The van der Waals surface area contributed by atoms with Gasteiger partial charge in [0.2, 0.25) is 0 Å². The molecule has 0 aromatic heterocycles. The van der Waals surface area contributed by atoms with Gasteiger partial charge in [-0.2, -0.15) is 0 Å². The van der Waals surface area contributed by atoms with Crippen LogP contribution in [0.25, 0.3) is 0 Å². The Morgan fingerprint density at radius 2 is 0.600 bits per heavy atom. The first-order chi connectivity index (χ1) is 32.0. The number of rotatable bonds is 47. The Morgan fingerprint density at radius 3 is 1.00 bits per heavy atom. The van der Waals surface area contributed by atoms with E-state index in [1.165, 1.54) is 64.2 Å². The Labute approximate surface area is 400 Å². The van der Waals surface area contributed by atoms with Gasteiger partial charge < -0.3 is 14.2 Å². The Kier molecular flexibility index (Phi) is 50.0. The van der Waals surface area contributed by atoms with Crippen molar-refractivity contribution in [3.05, 3.63) is 97.2 Å². The Hall–Kier alpha value is -3.67. The molecule has 0 aromatic carbocycles. The number of unbranched alkanes of at least 4 members (excludes halogenated alkanes) is 20. The van der Waals surface area contributed by atoms with Crippen molar-refractivity contribution in [2.75, 3.05) is 13.2 Å². The van der Waals surface area contributed by atoms with Crippen LogP contribution in [0.3, 0.4) is 0 Å². The van der Waals surface area contributed by atoms with Crippen molar-refractivity contribution in [2.45, 2.75) is 245 Å². The third-order valence-electron chi connectivity index (χ3n) is 11.0. The van der Waals surface area contributed by atoms with E-state index < -0.39 is 6.10 Å². The third kappa shape index (κ3) is 51.2. The molecular weight excluding hydrogens is 805 g/mol. The average molecular weight is 903 g/mol. The van der Waals surface area contributed by atoms with Crippen molar-refractivity contribution in [1.29, 1.82) is 0 Å². The van der Waals surface area contributed by atoms with E-state index >= 15 is 0 Å². The molecule has 0 saturated heterocycles. The van der Waals surface area contributed by atoms with Crippen LogP contribution in [0, 0.1) is 0 Å². The van der Waals surface area contributed by atoms with Crippen LogP contribution >= 0.6 is 0 Å². The molecule has 0 aliphatic carbocycles. The van der Waals surface area contributed by atoms with E-state index in [4.69, 9.17) is 14.2 Å². The highest BCUT2D eigenvalue weighted by atomic mass is 16.6. The summed E-state index contributed by atoms with van der Waals surface area (Å²) < 4.78 is 16.8. The van der Waals surface area contributed by atoms with Crippen molar-refractivity contribution in [3.63, 3.8) is 0 Å². The van der Waals surface area contributed by atoms with Crippen molar-refractivity contribution in [1.82, 2.24) is 0 Å². The third-order valence-corrected chi connectivity index (χ3v) is 11.0. The molecule has 0 saturated carbocycles. The average Bonchev–Trinajstić information content (AvgIpc) is 3.30. The molecular formula is C59H98O6. The van der Waals surface area contributed by atoms with Crippen LogP contribution < -0.4 is 0 Å². The second-order valence-corrected chi connectivity index (χ2v) is 17.4. The molecule has 0 N–H and O–H groups in total. The van der Waals surface area contributed by atoms with Crippen LogP contribution in [0.2, 0.25) is 0 Å². The normalized spacial score (nSPS) is 12.8. The Morgan fingerprint density at radius 1 is 0.323 bits per heavy atom. The molecule has 0 unspecified atom stereocenters. The first kappa shape index (κ1) is 61.3. The Bertz CT molecular complexity index is 1310. The number of carbonyl (C=O) groups excluding carboxylic acids is 3. The zero-order valence-electron chi connectivity index (χ0n) is 42.2. The van der Waals surface area contributed by atoms with Crippen LogP contribution in [0.4, 0.5) is 0 Å². The molecule has 65 heavy (non-hydrogen) atoms. The van der Waals surface area contributed by atoms with Crippen LogP contribution in [0.15, 0.2) is 97.2 Å². The maximum absolute atomic E-state index is 12.8. The van der Waals surface area contributed by atoms with Crippen LogP contribution in [0.1, 0.15) is 239 Å². The van der Waals surface area contributed by atoms with Crippen LogP contribution in [0.5, 0.6) is 0 Å². The fourth-order valence-electron chi connectivity index (χ4n) is 7.02. The lowest BCUT2D eigenvalue weighted by Gasteiger charge is -2.18. The van der Waals surface area contributed by atoms with Crippen molar-refractivity contribution in [2.24, 2.45) is 0 Å². The molecule has 6 heteroatoms. The summed E-state index contributed by atoms with van der Waals surface area (Å²) in [6.45, 7) is 6.43. The quantitative estimate of drug-likeness (QED) is 0.0262. The summed E-state index contributed by atoms with van der Waals surface area (Å²) in [6, 6.07) is 0. The maximum atomic E-state index is 12.8. The molecule has 0 aliphatic heterocycles. The van der Waals surface area contributed by atoms with Crippen molar-refractivity contribution in [3.8, 4) is 0 Å². The highest BCUT2D eigenvalue weighted by Crippen LogP contribution is 2.13. The van der Waals surface area contributed by atoms with Gasteiger partial charge in [-0.25, -0.2) is 0 Å². The van der Waals surface area contributed by atoms with E-state index in [0.29, 0.717) is 19.3 Å². The topological polar surface area (TPSA) is 78.9 Å². The fraction of sp³-hybridized carbons (Fsp3) is 0.678. The van der Waals surface area contributed by atoms with Gasteiger partial charge >= 0.3 is 17.9 Å². The van der Waals surface area contributed by atoms with Crippen molar-refractivity contribution >= 4 is 17.9 Å². The number of allylic oxidation sites excluding steroid dienone is 16. The minimum Gasteiger partial charge on any atom is -0.462 e. The first-order valence-electron chi connectivity index (χ1n) is 26.7. The lowest BCUT2D eigenvalue weighted by atomic mass is 10.1. The van der Waals surface area contributed by atoms with E-state index in [1.54, 1.807) is 0 Å². The van der Waals surface area contributed by atoms with Gasteiger partial charge in [-0.1, -0.05) is 195 Å². The second-order valence-electron chi connectivity index (χ2n) is 17.4. The summed E-state index contributed by atoms with van der Waals surface area (Å²) in [7, 11) is 0. The molecule has 370 valence electrons. The lowest BCUT2D eigenvalue weighted by Crippen LogP contribution is -2.30. The zero-order chi connectivity index (χ0) is 47.2. The zero-order valence-corrected chi connectivity index (χ0v) is 42.2. The number of esters is 3. The summed E-state index contributed by atoms with van der Waals surface area (Å²) in [4.78, 5) is 38.0. The summed E-state index contributed by atoms with van der Waals surface area (Å²) in [5, 5.41) is 0. The molecule has 0 spiro atoms. The SMILES string of the molecule is CC/C=C\C/C=C\C/C=C\CCCCCCCC(=O)O[C@H](COC(=O)CCCCC/C=C\C/C=C\C/C=C\C/C=C\CCCCC)COC(=O)CCCCCCC/C=C\CCCCCC. The van der Waals surface area contributed by atoms with Gasteiger partial charge in [0.15, 0.2) is 6.10 Å². The predicted octanol–water partition coefficient (Wildman–Crippen LogP) is 17.8. The lowest BCUT2D eigenvalue weighted by molar-refractivity contribution is -0.167. The molecule has 0 aliphatic rings. The summed E-state index contributed by atoms with van der Waals surface area (Å²) >= 11 is 0. The van der Waals surface area contributed by atoms with E-state index in [2.05, 4.69) is 118 Å². The fourth-order valence-corrected chi connectivity index (χ4v) is 7.02. The van der Waals surface area contributed by atoms with Gasteiger partial charge in [0.1, 0.15) is 13.2 Å². The second kappa shape index (κ2) is 52.9. The number of hydrogen-bond acceptors (Lipinski definition) is 6. The minimum absolute atomic E-state index is 0.100. The smallest absolute Gasteiger partial charge is 0.306 e. The predicted molar refractivity (Wildman–Crippen MR) is 279 cm³/mol. The first-order valence-corrected chi connectivity index (χ1v) is 26.7. The summed E-state index contributed by atoms with van der Waals surface area (Å²) in [5.74, 6) is -0.959. The largest absolute Gasteiger partial charge is 0.462 e. The summed E-state index contributed by atoms with van der Waals surface area (Å²) in [6.07, 6.45) is 69.6. The Balaban J connectivity index is 4.48. The molecule has 0 radical (unpaired) electrons. The van der Waals surface area contributed by atoms with Gasteiger partial charge in [0.25, 0.3) is 0 Å². The highest BCUT2D eigenvalue weighted by Gasteiger charge is 2.19. The standard InChI is InChI=1S/C59H98O6/c1-4-7-10-13-16-19-22-25-27-28-29-30-32-34-37-40-43-46-49-52-58(61)64-55-56(54-63-57(60)51-48-45-42-39-36-33-24-21-18-15-12-9-6-3)65-59(62)53-50-47-44-41-38-35-31-26-23-20-17-14-11-8-5-2/h8,11,16-17,19-21,24-27,29-31,34,37,56H,4-7,9-10,12-15,18,22-23,28,32-33,35-36,38-55H2,1-3H3/b11-8-,19-16-,20-17-,24-21-,27-25-,30-29-,31-26-,37-34-/t56-/m0/s1. The minimum atomic E-state index is -0.804. The number of hydrogen-bond donors (Lipinski definition) is 0. The van der Waals surface area contributed by atoms with Gasteiger partial charge in [-0.3, -0.25) is 14.4 Å². The van der Waals surface area contributed by atoms with E-state index in [9.17, 15) is 14.4 Å². The molecule has 0 fully saturated rings. The molecule has 0 heterocycles. The van der Waals surface area contributed by atoms with Gasteiger partial charge in [0.05, 0.1) is 0 Å². The molecule has 0 rings (SSSR count).